The quantitative estimate of drug-likeness (QED) is 0.773. The molecule has 0 spiro atoms. The first-order valence-electron chi connectivity index (χ1n) is 3.51. The van der Waals surface area contributed by atoms with Crippen molar-refractivity contribution in [3.63, 3.8) is 0 Å². The fraction of sp³-hybridized carbons (Fsp3) is 0.375. The summed E-state index contributed by atoms with van der Waals surface area (Å²) in [6, 6.07) is 1.58. The molecule has 0 amide bonds. The molecule has 0 fully saturated rings. The average molecular weight is 188 g/mol. The van der Waals surface area contributed by atoms with Gasteiger partial charge in [-0.2, -0.15) is 4.39 Å². The van der Waals surface area contributed by atoms with E-state index in [0.717, 1.165) is 16.2 Å². The van der Waals surface area contributed by atoms with E-state index < -0.39 is 11.9 Å². The number of halogens is 1. The molecule has 0 radical (unpaired) electrons. The summed E-state index contributed by atoms with van der Waals surface area (Å²) in [5.41, 5.74) is 0.282. The second kappa shape index (κ2) is 3.23. The summed E-state index contributed by atoms with van der Waals surface area (Å²) in [5, 5.41) is 8.22. The average Bonchev–Trinajstić information content (AvgIpc) is 2.28. The van der Waals surface area contributed by atoms with Crippen molar-refractivity contribution < 1.29 is 14.3 Å². The molecule has 1 atom stereocenters. The maximum Gasteiger partial charge on any atom is 0.310 e. The van der Waals surface area contributed by atoms with Gasteiger partial charge in [0.2, 0.25) is 0 Å². The van der Waals surface area contributed by atoms with Gasteiger partial charge >= 0.3 is 5.97 Å². The van der Waals surface area contributed by atoms with Crippen LogP contribution in [-0.4, -0.2) is 11.1 Å². The van der Waals surface area contributed by atoms with Crippen LogP contribution in [0, 0.1) is 12.1 Å². The Bertz CT molecular complexity index is 306. The maximum absolute atomic E-state index is 13.0. The van der Waals surface area contributed by atoms with E-state index >= 15 is 0 Å². The molecule has 2 nitrogen and oxygen atoms in total. The van der Waals surface area contributed by atoms with Gasteiger partial charge in [-0.1, -0.05) is 0 Å². The molecule has 0 aliphatic rings. The molecule has 1 heterocycles. The molecule has 0 bridgehead atoms. The van der Waals surface area contributed by atoms with E-state index in [9.17, 15) is 9.18 Å². The highest BCUT2D eigenvalue weighted by molar-refractivity contribution is 7.10. The molecule has 1 rings (SSSR count). The monoisotopic (exact) mass is 188 g/mol. The van der Waals surface area contributed by atoms with E-state index in [-0.39, 0.29) is 10.7 Å². The van der Waals surface area contributed by atoms with Crippen molar-refractivity contribution in [2.75, 3.05) is 0 Å². The minimum Gasteiger partial charge on any atom is -0.481 e. The Morgan fingerprint density at radius 1 is 1.75 bits per heavy atom. The lowest BCUT2D eigenvalue weighted by molar-refractivity contribution is -0.138. The fourth-order valence-electron chi connectivity index (χ4n) is 0.934. The van der Waals surface area contributed by atoms with Crippen molar-refractivity contribution >= 4 is 17.3 Å². The number of thiophene rings is 1. The number of hydrogen-bond donors (Lipinski definition) is 1. The second-order valence-electron chi connectivity index (χ2n) is 2.65. The molecule has 0 saturated carbocycles. The van der Waals surface area contributed by atoms with Crippen LogP contribution in [0.5, 0.6) is 0 Å². The minimum absolute atomic E-state index is 0.282. The minimum atomic E-state index is -0.994. The third-order valence-corrected chi connectivity index (χ3v) is 2.53. The van der Waals surface area contributed by atoms with Crippen molar-refractivity contribution in [2.24, 2.45) is 0 Å². The SMILES string of the molecule is Cc1cc(C(C)C(=O)O)c(F)s1. The van der Waals surface area contributed by atoms with Crippen LogP contribution in [0.4, 0.5) is 4.39 Å². The summed E-state index contributed by atoms with van der Waals surface area (Å²) < 4.78 is 13.0. The fourth-order valence-corrected chi connectivity index (χ4v) is 1.76. The summed E-state index contributed by atoms with van der Waals surface area (Å²) in [6.45, 7) is 3.23. The largest absolute Gasteiger partial charge is 0.481 e. The Morgan fingerprint density at radius 3 is 2.67 bits per heavy atom. The molecule has 1 unspecified atom stereocenters. The molecule has 0 aliphatic heterocycles. The van der Waals surface area contributed by atoms with Crippen LogP contribution in [0.25, 0.3) is 0 Å². The van der Waals surface area contributed by atoms with Crippen molar-refractivity contribution in [2.45, 2.75) is 19.8 Å². The Kier molecular flexibility index (Phi) is 2.47. The Morgan fingerprint density at radius 2 is 2.33 bits per heavy atom. The number of aryl methyl sites for hydroxylation is 1. The van der Waals surface area contributed by atoms with Crippen molar-refractivity contribution in [3.8, 4) is 0 Å². The van der Waals surface area contributed by atoms with Gasteiger partial charge in [-0.25, -0.2) is 0 Å². The zero-order valence-corrected chi connectivity index (χ0v) is 7.61. The Balaban J connectivity index is 3.02. The molecule has 0 aliphatic carbocycles. The first-order chi connectivity index (χ1) is 5.52. The number of hydrogen-bond acceptors (Lipinski definition) is 2. The molecular formula is C8H9FO2S. The highest BCUT2D eigenvalue weighted by Gasteiger charge is 2.19. The van der Waals surface area contributed by atoms with E-state index in [0.29, 0.717) is 0 Å². The number of carboxylic acids is 1. The van der Waals surface area contributed by atoms with Gasteiger partial charge in [-0.05, 0) is 19.9 Å². The highest BCUT2D eigenvalue weighted by atomic mass is 32.1. The first-order valence-corrected chi connectivity index (χ1v) is 4.32. The molecule has 12 heavy (non-hydrogen) atoms. The Labute approximate surface area is 73.7 Å². The van der Waals surface area contributed by atoms with Crippen LogP contribution in [0.2, 0.25) is 0 Å². The number of carboxylic acid groups (broad SMARTS) is 1. The lowest BCUT2D eigenvalue weighted by Crippen LogP contribution is -2.07. The zero-order valence-electron chi connectivity index (χ0n) is 6.80. The topological polar surface area (TPSA) is 37.3 Å². The third kappa shape index (κ3) is 1.64. The molecule has 4 heteroatoms. The smallest absolute Gasteiger partial charge is 0.310 e. The van der Waals surface area contributed by atoms with E-state index in [1.807, 2.05) is 0 Å². The van der Waals surface area contributed by atoms with E-state index in [1.165, 1.54) is 6.92 Å². The van der Waals surface area contributed by atoms with Gasteiger partial charge in [0.15, 0.2) is 5.13 Å². The highest BCUT2D eigenvalue weighted by Crippen LogP contribution is 2.26. The first kappa shape index (κ1) is 9.19. The van der Waals surface area contributed by atoms with E-state index in [4.69, 9.17) is 5.11 Å². The summed E-state index contributed by atoms with van der Waals surface area (Å²) in [6.07, 6.45) is 0. The molecule has 66 valence electrons. The predicted molar refractivity (Wildman–Crippen MR) is 45.1 cm³/mol. The lowest BCUT2D eigenvalue weighted by atomic mass is 10.1. The van der Waals surface area contributed by atoms with Gasteiger partial charge in [0.05, 0.1) is 5.92 Å². The van der Waals surface area contributed by atoms with Gasteiger partial charge in [0.25, 0.3) is 0 Å². The van der Waals surface area contributed by atoms with Crippen LogP contribution >= 0.6 is 11.3 Å². The van der Waals surface area contributed by atoms with Crippen molar-refractivity contribution in [3.05, 3.63) is 21.6 Å². The lowest BCUT2D eigenvalue weighted by Gasteiger charge is -2.01. The van der Waals surface area contributed by atoms with Crippen LogP contribution in [0.15, 0.2) is 6.07 Å². The standard InChI is InChI=1S/C8H9FO2S/c1-4-3-6(7(9)12-4)5(2)8(10)11/h3,5H,1-2H3,(H,10,11). The molecule has 1 N–H and O–H groups in total. The van der Waals surface area contributed by atoms with Crippen molar-refractivity contribution in [1.82, 2.24) is 0 Å². The van der Waals surface area contributed by atoms with Crippen LogP contribution < -0.4 is 0 Å². The van der Waals surface area contributed by atoms with Gasteiger partial charge in [0, 0.05) is 10.4 Å². The van der Waals surface area contributed by atoms with Gasteiger partial charge in [-0.3, -0.25) is 4.79 Å². The molecule has 1 aromatic heterocycles. The summed E-state index contributed by atoms with van der Waals surface area (Å²) in [5.74, 6) is -1.75. The summed E-state index contributed by atoms with van der Waals surface area (Å²) >= 11 is 0.985. The van der Waals surface area contributed by atoms with Crippen LogP contribution in [0.3, 0.4) is 0 Å². The van der Waals surface area contributed by atoms with Crippen molar-refractivity contribution in [1.29, 1.82) is 0 Å². The zero-order chi connectivity index (χ0) is 9.30. The van der Waals surface area contributed by atoms with E-state index in [1.54, 1.807) is 13.0 Å². The molecule has 0 aromatic carbocycles. The van der Waals surface area contributed by atoms with E-state index in [2.05, 4.69) is 0 Å². The van der Waals surface area contributed by atoms with Crippen LogP contribution in [-0.2, 0) is 4.79 Å². The third-order valence-electron chi connectivity index (χ3n) is 1.67. The molecular weight excluding hydrogens is 179 g/mol. The number of carbonyl (C=O) groups is 1. The summed E-state index contributed by atoms with van der Waals surface area (Å²) in [7, 11) is 0. The maximum atomic E-state index is 13.0. The van der Waals surface area contributed by atoms with Crippen LogP contribution in [0.1, 0.15) is 23.3 Å². The van der Waals surface area contributed by atoms with Gasteiger partial charge in [0.1, 0.15) is 0 Å². The Hall–Kier alpha value is -0.900. The number of rotatable bonds is 2. The number of aliphatic carboxylic acids is 1. The van der Waals surface area contributed by atoms with Gasteiger partial charge in [-0.15, -0.1) is 11.3 Å². The summed E-state index contributed by atoms with van der Waals surface area (Å²) in [4.78, 5) is 11.3. The predicted octanol–water partition coefficient (Wildman–Crippen LogP) is 2.38. The molecule has 0 saturated heterocycles. The van der Waals surface area contributed by atoms with Gasteiger partial charge < -0.3 is 5.11 Å². The second-order valence-corrected chi connectivity index (χ2v) is 3.85. The molecule has 1 aromatic rings. The normalized spacial score (nSPS) is 12.9.